The van der Waals surface area contributed by atoms with Crippen molar-refractivity contribution in [2.75, 3.05) is 6.54 Å². The number of carbonyl (C=O) groups excluding carboxylic acids is 1. The van der Waals surface area contributed by atoms with Crippen LogP contribution in [0.5, 0.6) is 0 Å². The molecule has 1 heterocycles. The van der Waals surface area contributed by atoms with Gasteiger partial charge in [-0.3, -0.25) is 4.79 Å². The lowest BCUT2D eigenvalue weighted by molar-refractivity contribution is -0.136. The second kappa shape index (κ2) is 6.49. The molecule has 1 amide bonds. The lowest BCUT2D eigenvalue weighted by Crippen LogP contribution is -2.46. The van der Waals surface area contributed by atoms with E-state index in [4.69, 9.17) is 5.73 Å². The highest BCUT2D eigenvalue weighted by molar-refractivity contribution is 7.10. The summed E-state index contributed by atoms with van der Waals surface area (Å²) in [6, 6.07) is 2.92. The van der Waals surface area contributed by atoms with E-state index >= 15 is 0 Å². The summed E-state index contributed by atoms with van der Waals surface area (Å²) < 4.78 is 0. The third-order valence-corrected chi connectivity index (χ3v) is 6.15. The predicted octanol–water partition coefficient (Wildman–Crippen LogP) is 3.29. The van der Waals surface area contributed by atoms with Gasteiger partial charge < -0.3 is 10.6 Å². The molecule has 0 spiro atoms. The Morgan fingerprint density at radius 1 is 1.33 bits per heavy atom. The number of rotatable bonds is 3. The standard InChI is InChI=1S/C17H26N2OS/c1-2-19(13-8-6-12(18)7-9-13)17(20)15-4-3-5-16-14(15)10-11-21-16/h10-13,15H,2-9,18H2,1H3. The van der Waals surface area contributed by atoms with Crippen LogP contribution in [0.2, 0.25) is 0 Å². The molecule has 21 heavy (non-hydrogen) atoms. The van der Waals surface area contributed by atoms with Gasteiger partial charge in [0.15, 0.2) is 0 Å². The highest BCUT2D eigenvalue weighted by Crippen LogP contribution is 2.37. The van der Waals surface area contributed by atoms with Crippen molar-refractivity contribution >= 4 is 17.2 Å². The van der Waals surface area contributed by atoms with E-state index in [0.717, 1.165) is 51.5 Å². The first-order valence-electron chi connectivity index (χ1n) is 8.33. The number of carbonyl (C=O) groups is 1. The summed E-state index contributed by atoms with van der Waals surface area (Å²) in [6.07, 6.45) is 7.59. The molecule has 0 saturated heterocycles. The van der Waals surface area contributed by atoms with E-state index in [9.17, 15) is 4.79 Å². The minimum absolute atomic E-state index is 0.107. The summed E-state index contributed by atoms with van der Waals surface area (Å²) in [6.45, 7) is 2.94. The van der Waals surface area contributed by atoms with Crippen LogP contribution in [0.4, 0.5) is 0 Å². The number of nitrogens with zero attached hydrogens (tertiary/aromatic N) is 1. The summed E-state index contributed by atoms with van der Waals surface area (Å²) in [5, 5.41) is 2.15. The zero-order valence-corrected chi connectivity index (χ0v) is 13.7. The van der Waals surface area contributed by atoms with Gasteiger partial charge in [0.2, 0.25) is 5.91 Å². The van der Waals surface area contributed by atoms with E-state index in [2.05, 4.69) is 23.3 Å². The molecule has 116 valence electrons. The first-order valence-corrected chi connectivity index (χ1v) is 9.21. The minimum Gasteiger partial charge on any atom is -0.339 e. The summed E-state index contributed by atoms with van der Waals surface area (Å²) in [4.78, 5) is 16.6. The highest BCUT2D eigenvalue weighted by Gasteiger charge is 2.34. The van der Waals surface area contributed by atoms with Gasteiger partial charge in [0.1, 0.15) is 0 Å². The van der Waals surface area contributed by atoms with Crippen molar-refractivity contribution < 1.29 is 4.79 Å². The minimum atomic E-state index is 0.107. The maximum Gasteiger partial charge on any atom is 0.230 e. The van der Waals surface area contributed by atoms with Crippen LogP contribution in [0.3, 0.4) is 0 Å². The summed E-state index contributed by atoms with van der Waals surface area (Å²) in [5.41, 5.74) is 7.31. The van der Waals surface area contributed by atoms with Gasteiger partial charge in [-0.05, 0) is 68.9 Å². The van der Waals surface area contributed by atoms with Crippen LogP contribution in [-0.2, 0) is 11.2 Å². The summed E-state index contributed by atoms with van der Waals surface area (Å²) >= 11 is 1.81. The Morgan fingerprint density at radius 3 is 2.81 bits per heavy atom. The molecular weight excluding hydrogens is 280 g/mol. The van der Waals surface area contributed by atoms with Gasteiger partial charge in [-0.2, -0.15) is 0 Å². The van der Waals surface area contributed by atoms with Crippen molar-refractivity contribution in [3.05, 3.63) is 21.9 Å². The van der Waals surface area contributed by atoms with Crippen LogP contribution in [0.15, 0.2) is 11.4 Å². The Kier molecular flexibility index (Phi) is 4.65. The van der Waals surface area contributed by atoms with Crippen LogP contribution in [-0.4, -0.2) is 29.4 Å². The molecule has 2 aliphatic rings. The number of likely N-dealkylation sites (N-methyl/N-ethyl adjacent to an activating group) is 1. The first kappa shape index (κ1) is 15.0. The molecule has 0 radical (unpaired) electrons. The lowest BCUT2D eigenvalue weighted by atomic mass is 9.85. The molecule has 4 heteroatoms. The van der Waals surface area contributed by atoms with Gasteiger partial charge >= 0.3 is 0 Å². The third-order valence-electron chi connectivity index (χ3n) is 5.16. The van der Waals surface area contributed by atoms with E-state index in [0.29, 0.717) is 18.0 Å². The van der Waals surface area contributed by atoms with Crippen molar-refractivity contribution in [2.24, 2.45) is 5.73 Å². The largest absolute Gasteiger partial charge is 0.339 e. The van der Waals surface area contributed by atoms with Gasteiger partial charge in [0.05, 0.1) is 5.92 Å². The van der Waals surface area contributed by atoms with E-state index in [1.165, 1.54) is 10.4 Å². The summed E-state index contributed by atoms with van der Waals surface area (Å²) in [7, 11) is 0. The van der Waals surface area contributed by atoms with Crippen LogP contribution in [0.25, 0.3) is 0 Å². The molecule has 1 unspecified atom stereocenters. The molecule has 3 nitrogen and oxygen atoms in total. The van der Waals surface area contributed by atoms with Crippen molar-refractivity contribution in [3.63, 3.8) is 0 Å². The number of hydrogen-bond acceptors (Lipinski definition) is 3. The normalized spacial score (nSPS) is 29.0. The van der Waals surface area contributed by atoms with E-state index in [1.54, 1.807) is 0 Å². The molecule has 0 aromatic carbocycles. The van der Waals surface area contributed by atoms with Crippen LogP contribution >= 0.6 is 11.3 Å². The molecule has 0 bridgehead atoms. The van der Waals surface area contributed by atoms with Crippen molar-refractivity contribution in [3.8, 4) is 0 Å². The van der Waals surface area contributed by atoms with Crippen molar-refractivity contribution in [1.29, 1.82) is 0 Å². The molecule has 0 aliphatic heterocycles. The molecule has 3 rings (SSSR count). The van der Waals surface area contributed by atoms with Gasteiger partial charge in [-0.25, -0.2) is 0 Å². The van der Waals surface area contributed by atoms with Gasteiger partial charge in [0, 0.05) is 23.5 Å². The fraction of sp³-hybridized carbons (Fsp3) is 0.706. The predicted molar refractivity (Wildman–Crippen MR) is 87.6 cm³/mol. The van der Waals surface area contributed by atoms with Gasteiger partial charge in [-0.1, -0.05) is 0 Å². The van der Waals surface area contributed by atoms with Crippen molar-refractivity contribution in [2.45, 2.75) is 69.9 Å². The Morgan fingerprint density at radius 2 is 2.10 bits per heavy atom. The highest BCUT2D eigenvalue weighted by atomic mass is 32.1. The van der Waals surface area contributed by atoms with Crippen LogP contribution < -0.4 is 5.73 Å². The smallest absolute Gasteiger partial charge is 0.230 e. The topological polar surface area (TPSA) is 46.3 Å². The number of hydrogen-bond donors (Lipinski definition) is 1. The average Bonchev–Trinajstić information content (AvgIpc) is 2.98. The fourth-order valence-electron chi connectivity index (χ4n) is 3.95. The average molecular weight is 306 g/mol. The molecule has 1 saturated carbocycles. The number of nitrogens with two attached hydrogens (primary N) is 1. The number of fused-ring (bicyclic) bond motifs is 1. The first-order chi connectivity index (χ1) is 10.2. The fourth-order valence-corrected chi connectivity index (χ4v) is 4.94. The maximum absolute atomic E-state index is 13.1. The molecular formula is C17H26N2OS. The van der Waals surface area contributed by atoms with E-state index < -0.39 is 0 Å². The van der Waals surface area contributed by atoms with Crippen molar-refractivity contribution in [1.82, 2.24) is 4.90 Å². The molecule has 2 N–H and O–H groups in total. The molecule has 1 fully saturated rings. The van der Waals surface area contributed by atoms with Gasteiger partial charge in [-0.15, -0.1) is 11.3 Å². The summed E-state index contributed by atoms with van der Waals surface area (Å²) in [5.74, 6) is 0.466. The quantitative estimate of drug-likeness (QED) is 0.931. The van der Waals surface area contributed by atoms with Crippen LogP contribution in [0.1, 0.15) is 61.8 Å². The van der Waals surface area contributed by atoms with E-state index in [-0.39, 0.29) is 5.92 Å². The Labute approximate surface area is 131 Å². The molecule has 1 aromatic rings. The zero-order valence-electron chi connectivity index (χ0n) is 12.9. The zero-order chi connectivity index (χ0) is 14.8. The second-order valence-electron chi connectivity index (χ2n) is 6.44. The molecule has 1 atom stereocenters. The van der Waals surface area contributed by atoms with E-state index in [1.807, 2.05) is 11.3 Å². The Bertz CT molecular complexity index is 491. The van der Waals surface area contributed by atoms with Gasteiger partial charge in [0.25, 0.3) is 0 Å². The number of thiophene rings is 1. The number of aryl methyl sites for hydroxylation is 1. The lowest BCUT2D eigenvalue weighted by Gasteiger charge is -2.38. The Hall–Kier alpha value is -0.870. The SMILES string of the molecule is CCN(C(=O)C1CCCc2sccc21)C1CCC(N)CC1. The molecule has 1 aromatic heterocycles. The maximum atomic E-state index is 13.1. The van der Waals surface area contributed by atoms with Crippen LogP contribution in [0, 0.1) is 0 Å². The Balaban J connectivity index is 1.74. The third kappa shape index (κ3) is 3.02. The second-order valence-corrected chi connectivity index (χ2v) is 7.44. The number of amides is 1. The monoisotopic (exact) mass is 306 g/mol. The molecule has 2 aliphatic carbocycles.